The molecule has 1 heterocycles. The molecule has 0 aromatic heterocycles. The Kier molecular flexibility index (Phi) is 7.45. The Hall–Kier alpha value is -0.160. The molecule has 114 valence electrons. The third kappa shape index (κ3) is 4.69. The summed E-state index contributed by atoms with van der Waals surface area (Å²) in [6.07, 6.45) is 0.999. The molecular formula is C15H23BrClFN2. The van der Waals surface area contributed by atoms with Gasteiger partial charge in [-0.15, -0.1) is 12.4 Å². The van der Waals surface area contributed by atoms with Crippen molar-refractivity contribution in [3.05, 3.63) is 34.1 Å². The van der Waals surface area contributed by atoms with E-state index in [1.165, 1.54) is 0 Å². The summed E-state index contributed by atoms with van der Waals surface area (Å²) in [5.41, 5.74) is 0.832. The Morgan fingerprint density at radius 3 is 2.50 bits per heavy atom. The van der Waals surface area contributed by atoms with Gasteiger partial charge in [0.05, 0.1) is 0 Å². The molecule has 5 heteroatoms. The van der Waals surface area contributed by atoms with Gasteiger partial charge in [-0.25, -0.2) is 4.39 Å². The average molecular weight is 366 g/mol. The molecule has 0 aliphatic carbocycles. The number of rotatable bonds is 4. The third-order valence-corrected chi connectivity index (χ3v) is 4.10. The second kappa shape index (κ2) is 8.32. The molecule has 1 aromatic carbocycles. The molecule has 0 amide bonds. The first-order valence-corrected chi connectivity index (χ1v) is 7.77. The average Bonchev–Trinajstić information content (AvgIpc) is 2.37. The molecule has 1 fully saturated rings. The lowest BCUT2D eigenvalue weighted by molar-refractivity contribution is 0.151. The van der Waals surface area contributed by atoms with Gasteiger partial charge in [-0.05, 0) is 24.5 Å². The van der Waals surface area contributed by atoms with Crippen LogP contribution in [0.3, 0.4) is 0 Å². The number of benzene rings is 1. The zero-order valence-electron chi connectivity index (χ0n) is 12.0. The third-order valence-electron chi connectivity index (χ3n) is 3.61. The number of nitrogens with zero attached hydrogens (tertiary/aromatic N) is 1. The Morgan fingerprint density at radius 1 is 1.30 bits per heavy atom. The first kappa shape index (κ1) is 17.9. The van der Waals surface area contributed by atoms with E-state index >= 15 is 0 Å². The van der Waals surface area contributed by atoms with Crippen LogP contribution in [0.1, 0.15) is 31.9 Å². The van der Waals surface area contributed by atoms with Crippen molar-refractivity contribution in [1.29, 1.82) is 0 Å². The molecule has 1 N–H and O–H groups in total. The van der Waals surface area contributed by atoms with Crippen LogP contribution in [0.5, 0.6) is 0 Å². The summed E-state index contributed by atoms with van der Waals surface area (Å²) in [6.45, 7) is 8.37. The normalized spacial score (nSPS) is 17.9. The van der Waals surface area contributed by atoms with E-state index in [1.807, 2.05) is 12.1 Å². The SMILES string of the molecule is CC(C)C[C@@H](c1ccc(Br)cc1F)N1CCNCC1.Cl. The van der Waals surface area contributed by atoms with Gasteiger partial charge < -0.3 is 5.32 Å². The van der Waals surface area contributed by atoms with Crippen molar-refractivity contribution < 1.29 is 4.39 Å². The van der Waals surface area contributed by atoms with Crippen LogP contribution in [0.15, 0.2) is 22.7 Å². The van der Waals surface area contributed by atoms with Gasteiger partial charge >= 0.3 is 0 Å². The molecule has 1 saturated heterocycles. The van der Waals surface area contributed by atoms with Crippen molar-refractivity contribution in [1.82, 2.24) is 10.2 Å². The highest BCUT2D eigenvalue weighted by molar-refractivity contribution is 9.10. The van der Waals surface area contributed by atoms with Crippen LogP contribution < -0.4 is 5.32 Å². The highest BCUT2D eigenvalue weighted by Gasteiger charge is 2.25. The Labute approximate surface area is 135 Å². The second-order valence-electron chi connectivity index (χ2n) is 5.60. The molecule has 20 heavy (non-hydrogen) atoms. The lowest BCUT2D eigenvalue weighted by Crippen LogP contribution is -2.45. The minimum absolute atomic E-state index is 0. The Morgan fingerprint density at radius 2 is 1.95 bits per heavy atom. The van der Waals surface area contributed by atoms with Crippen LogP contribution in [0, 0.1) is 11.7 Å². The second-order valence-corrected chi connectivity index (χ2v) is 6.51. The van der Waals surface area contributed by atoms with Gasteiger partial charge in [-0.3, -0.25) is 4.90 Å². The highest BCUT2D eigenvalue weighted by Crippen LogP contribution is 2.31. The van der Waals surface area contributed by atoms with Crippen molar-refractivity contribution in [2.24, 2.45) is 5.92 Å². The molecule has 1 aliphatic rings. The summed E-state index contributed by atoms with van der Waals surface area (Å²) < 4.78 is 15.0. The lowest BCUT2D eigenvalue weighted by Gasteiger charge is -2.36. The fraction of sp³-hybridized carbons (Fsp3) is 0.600. The maximum atomic E-state index is 14.2. The van der Waals surface area contributed by atoms with Crippen molar-refractivity contribution in [2.45, 2.75) is 26.3 Å². The van der Waals surface area contributed by atoms with Crippen LogP contribution in [-0.2, 0) is 0 Å². The summed E-state index contributed by atoms with van der Waals surface area (Å²) >= 11 is 3.33. The minimum Gasteiger partial charge on any atom is -0.314 e. The predicted octanol–water partition coefficient (Wildman–Crippen LogP) is 4.00. The summed E-state index contributed by atoms with van der Waals surface area (Å²) in [6, 6.07) is 5.63. The number of nitrogens with one attached hydrogen (secondary N) is 1. The van der Waals surface area contributed by atoms with E-state index in [-0.39, 0.29) is 24.3 Å². The molecule has 2 nitrogen and oxygen atoms in total. The zero-order chi connectivity index (χ0) is 13.8. The topological polar surface area (TPSA) is 15.3 Å². The minimum atomic E-state index is -0.0986. The van der Waals surface area contributed by atoms with Crippen molar-refractivity contribution >= 4 is 28.3 Å². The largest absolute Gasteiger partial charge is 0.314 e. The number of hydrogen-bond donors (Lipinski definition) is 1. The maximum Gasteiger partial charge on any atom is 0.129 e. The standard InChI is InChI=1S/C15H22BrFN2.ClH/c1-11(2)9-15(19-7-5-18-6-8-19)13-4-3-12(16)10-14(13)17;/h3-4,10-11,15,18H,5-9H2,1-2H3;1H/t15-;/m0./s1. The lowest BCUT2D eigenvalue weighted by atomic mass is 9.94. The smallest absolute Gasteiger partial charge is 0.129 e. The van der Waals surface area contributed by atoms with Crippen LogP contribution in [0.2, 0.25) is 0 Å². The first-order valence-electron chi connectivity index (χ1n) is 6.97. The Bertz CT molecular complexity index is 422. The molecule has 0 unspecified atom stereocenters. The summed E-state index contributed by atoms with van der Waals surface area (Å²) in [5.74, 6) is 0.460. The van der Waals surface area contributed by atoms with Crippen LogP contribution >= 0.6 is 28.3 Å². The van der Waals surface area contributed by atoms with E-state index in [4.69, 9.17) is 0 Å². The predicted molar refractivity (Wildman–Crippen MR) is 88.0 cm³/mol. The van der Waals surface area contributed by atoms with Crippen LogP contribution in [-0.4, -0.2) is 31.1 Å². The van der Waals surface area contributed by atoms with Gasteiger partial charge in [0.1, 0.15) is 5.82 Å². The van der Waals surface area contributed by atoms with Gasteiger partial charge in [0.15, 0.2) is 0 Å². The van der Waals surface area contributed by atoms with E-state index in [9.17, 15) is 4.39 Å². The molecule has 0 radical (unpaired) electrons. The first-order chi connectivity index (χ1) is 9.08. The van der Waals surface area contributed by atoms with Crippen molar-refractivity contribution in [3.8, 4) is 0 Å². The van der Waals surface area contributed by atoms with E-state index in [2.05, 4.69) is 40.0 Å². The molecule has 1 aliphatic heterocycles. The monoisotopic (exact) mass is 364 g/mol. The fourth-order valence-electron chi connectivity index (χ4n) is 2.68. The molecule has 0 spiro atoms. The number of hydrogen-bond acceptors (Lipinski definition) is 2. The summed E-state index contributed by atoms with van der Waals surface area (Å²) in [5, 5.41) is 3.36. The van der Waals surface area contributed by atoms with E-state index in [1.54, 1.807) is 6.07 Å². The molecule has 2 rings (SSSR count). The number of piperazine rings is 1. The molecule has 1 aromatic rings. The fourth-order valence-corrected chi connectivity index (χ4v) is 3.02. The van der Waals surface area contributed by atoms with Crippen LogP contribution in [0.4, 0.5) is 4.39 Å². The summed E-state index contributed by atoms with van der Waals surface area (Å²) in [4.78, 5) is 2.41. The molecular weight excluding hydrogens is 343 g/mol. The van der Waals surface area contributed by atoms with E-state index in [0.717, 1.165) is 42.6 Å². The molecule has 0 bridgehead atoms. The van der Waals surface area contributed by atoms with Gasteiger partial charge in [0, 0.05) is 42.3 Å². The quantitative estimate of drug-likeness (QED) is 0.867. The van der Waals surface area contributed by atoms with Gasteiger partial charge in [-0.2, -0.15) is 0 Å². The van der Waals surface area contributed by atoms with Gasteiger partial charge in [-0.1, -0.05) is 35.8 Å². The van der Waals surface area contributed by atoms with Crippen molar-refractivity contribution in [3.63, 3.8) is 0 Å². The maximum absolute atomic E-state index is 14.2. The van der Waals surface area contributed by atoms with Crippen molar-refractivity contribution in [2.75, 3.05) is 26.2 Å². The zero-order valence-corrected chi connectivity index (χ0v) is 14.4. The van der Waals surface area contributed by atoms with Gasteiger partial charge in [0.25, 0.3) is 0 Å². The Balaban J connectivity index is 0.00000200. The van der Waals surface area contributed by atoms with Crippen LogP contribution in [0.25, 0.3) is 0 Å². The number of halogens is 3. The highest BCUT2D eigenvalue weighted by atomic mass is 79.9. The summed E-state index contributed by atoms with van der Waals surface area (Å²) in [7, 11) is 0. The van der Waals surface area contributed by atoms with E-state index in [0.29, 0.717) is 5.92 Å². The molecule has 1 atom stereocenters. The molecule has 0 saturated carbocycles. The van der Waals surface area contributed by atoms with E-state index < -0.39 is 0 Å². The van der Waals surface area contributed by atoms with Gasteiger partial charge in [0.2, 0.25) is 0 Å².